The van der Waals surface area contributed by atoms with Crippen molar-refractivity contribution in [2.45, 2.75) is 18.9 Å². The Balaban J connectivity index is 2.33. The second kappa shape index (κ2) is 4.79. The molecule has 1 heterocycles. The predicted octanol–water partition coefficient (Wildman–Crippen LogP) is 0.844. The van der Waals surface area contributed by atoms with Crippen molar-refractivity contribution < 1.29 is 19.1 Å². The quantitative estimate of drug-likeness (QED) is 0.790. The molecule has 3 amide bonds. The number of imide groups is 1. The van der Waals surface area contributed by atoms with Crippen LogP contribution < -0.4 is 20.1 Å². The first-order valence-corrected chi connectivity index (χ1v) is 5.83. The van der Waals surface area contributed by atoms with Gasteiger partial charge in [-0.15, -0.1) is 0 Å². The number of urea groups is 1. The van der Waals surface area contributed by atoms with Gasteiger partial charge in [0.25, 0.3) is 5.91 Å². The van der Waals surface area contributed by atoms with Crippen LogP contribution in [0.25, 0.3) is 0 Å². The van der Waals surface area contributed by atoms with E-state index in [1.54, 1.807) is 20.1 Å². The number of ether oxygens (including phenoxy) is 2. The molecule has 19 heavy (non-hydrogen) atoms. The Hall–Kier alpha value is -2.24. The highest BCUT2D eigenvalue weighted by atomic mass is 16.5. The predicted molar refractivity (Wildman–Crippen MR) is 68.3 cm³/mol. The topological polar surface area (TPSA) is 76.7 Å². The summed E-state index contributed by atoms with van der Waals surface area (Å²) in [5, 5.41) is 4.85. The maximum Gasteiger partial charge on any atom is 0.322 e. The van der Waals surface area contributed by atoms with Crippen molar-refractivity contribution in [3.63, 3.8) is 0 Å². The van der Waals surface area contributed by atoms with Crippen LogP contribution in [0.1, 0.15) is 12.5 Å². The van der Waals surface area contributed by atoms with Crippen molar-refractivity contribution in [1.29, 1.82) is 0 Å². The molecule has 1 atom stereocenters. The molecule has 0 bridgehead atoms. The molecule has 0 radical (unpaired) electrons. The summed E-state index contributed by atoms with van der Waals surface area (Å²) in [5.74, 6) is 0.816. The first-order valence-electron chi connectivity index (χ1n) is 5.83. The summed E-state index contributed by atoms with van der Waals surface area (Å²) in [5.41, 5.74) is -0.182. The fourth-order valence-corrected chi connectivity index (χ4v) is 2.18. The number of nitrogens with one attached hydrogen (secondary N) is 2. The average Bonchev–Trinajstić information content (AvgIpc) is 2.62. The molecule has 2 N–H and O–H groups in total. The van der Waals surface area contributed by atoms with Crippen LogP contribution in [-0.2, 0) is 11.2 Å². The molecule has 6 heteroatoms. The van der Waals surface area contributed by atoms with Gasteiger partial charge < -0.3 is 14.8 Å². The molecule has 2 rings (SSSR count). The van der Waals surface area contributed by atoms with E-state index in [9.17, 15) is 9.59 Å². The number of benzene rings is 1. The fraction of sp³-hybridized carbons (Fsp3) is 0.385. The zero-order valence-corrected chi connectivity index (χ0v) is 11.1. The van der Waals surface area contributed by atoms with Gasteiger partial charge in [-0.2, -0.15) is 0 Å². The third-order valence-corrected chi connectivity index (χ3v) is 3.15. The molecule has 0 aliphatic carbocycles. The molecule has 1 aliphatic rings. The highest BCUT2D eigenvalue weighted by molar-refractivity contribution is 6.06. The summed E-state index contributed by atoms with van der Waals surface area (Å²) >= 11 is 0. The van der Waals surface area contributed by atoms with Crippen LogP contribution in [0.5, 0.6) is 11.5 Å². The number of rotatable bonds is 4. The highest BCUT2D eigenvalue weighted by Crippen LogP contribution is 2.33. The summed E-state index contributed by atoms with van der Waals surface area (Å²) in [4.78, 5) is 23.0. The van der Waals surface area contributed by atoms with Crippen LogP contribution in [0.4, 0.5) is 4.79 Å². The number of carbonyl (C=O) groups is 2. The van der Waals surface area contributed by atoms with Crippen molar-refractivity contribution in [2.75, 3.05) is 14.2 Å². The summed E-state index contributed by atoms with van der Waals surface area (Å²) in [6, 6.07) is 4.95. The maximum absolute atomic E-state index is 11.8. The number of para-hydroxylation sites is 1. The van der Waals surface area contributed by atoms with Crippen molar-refractivity contribution in [1.82, 2.24) is 10.6 Å². The van der Waals surface area contributed by atoms with Gasteiger partial charge in [0.1, 0.15) is 5.54 Å². The molecule has 102 valence electrons. The van der Waals surface area contributed by atoms with E-state index in [0.29, 0.717) is 17.9 Å². The molecule has 1 unspecified atom stereocenters. The minimum absolute atomic E-state index is 0.324. The smallest absolute Gasteiger partial charge is 0.322 e. The van der Waals surface area contributed by atoms with Crippen molar-refractivity contribution in [3.8, 4) is 11.5 Å². The van der Waals surface area contributed by atoms with Crippen LogP contribution in [0, 0.1) is 0 Å². The number of hydrogen-bond donors (Lipinski definition) is 2. The van der Waals surface area contributed by atoms with E-state index in [1.807, 2.05) is 12.1 Å². The van der Waals surface area contributed by atoms with E-state index in [0.717, 1.165) is 5.56 Å². The molecular weight excluding hydrogens is 248 g/mol. The standard InChI is InChI=1S/C13H16N2O4/c1-13(11(16)14-12(17)15-13)7-8-5-4-6-9(18-2)10(8)19-3/h4-6H,7H2,1-3H3,(H2,14,15,16,17). The number of methoxy groups -OCH3 is 2. The lowest BCUT2D eigenvalue weighted by molar-refractivity contribution is -0.123. The Labute approximate surface area is 111 Å². The monoisotopic (exact) mass is 264 g/mol. The summed E-state index contributed by atoms with van der Waals surface area (Å²) in [6.07, 6.45) is 0.324. The largest absolute Gasteiger partial charge is 0.493 e. The zero-order valence-electron chi connectivity index (χ0n) is 11.1. The zero-order chi connectivity index (χ0) is 14.0. The molecule has 0 aromatic heterocycles. The van der Waals surface area contributed by atoms with Gasteiger partial charge in [0, 0.05) is 12.0 Å². The van der Waals surface area contributed by atoms with Gasteiger partial charge in [-0.3, -0.25) is 10.1 Å². The van der Waals surface area contributed by atoms with Crippen LogP contribution in [-0.4, -0.2) is 31.7 Å². The number of carbonyl (C=O) groups excluding carboxylic acids is 2. The van der Waals surface area contributed by atoms with E-state index in [2.05, 4.69) is 10.6 Å². The number of hydrogen-bond acceptors (Lipinski definition) is 4. The molecule has 0 saturated carbocycles. The lowest BCUT2D eigenvalue weighted by atomic mass is 9.92. The Morgan fingerprint density at radius 1 is 1.21 bits per heavy atom. The highest BCUT2D eigenvalue weighted by Gasteiger charge is 2.42. The Bertz CT molecular complexity index is 529. The number of amides is 3. The van der Waals surface area contributed by atoms with E-state index in [1.165, 1.54) is 7.11 Å². The Morgan fingerprint density at radius 3 is 2.47 bits per heavy atom. The first-order chi connectivity index (χ1) is 9.00. The lowest BCUT2D eigenvalue weighted by Crippen LogP contribution is -2.45. The van der Waals surface area contributed by atoms with Crippen molar-refractivity contribution in [2.24, 2.45) is 0 Å². The van der Waals surface area contributed by atoms with Crippen LogP contribution >= 0.6 is 0 Å². The maximum atomic E-state index is 11.8. The fourth-order valence-electron chi connectivity index (χ4n) is 2.18. The van der Waals surface area contributed by atoms with Crippen LogP contribution in [0.3, 0.4) is 0 Å². The van der Waals surface area contributed by atoms with E-state index in [4.69, 9.17) is 9.47 Å². The third-order valence-electron chi connectivity index (χ3n) is 3.15. The second-order valence-electron chi connectivity index (χ2n) is 4.57. The molecule has 1 fully saturated rings. The van der Waals surface area contributed by atoms with E-state index >= 15 is 0 Å². The van der Waals surface area contributed by atoms with Gasteiger partial charge in [0.05, 0.1) is 14.2 Å². The Kier molecular flexibility index (Phi) is 3.33. The van der Waals surface area contributed by atoms with Crippen LogP contribution in [0.15, 0.2) is 18.2 Å². The van der Waals surface area contributed by atoms with Crippen molar-refractivity contribution >= 4 is 11.9 Å². The molecule has 1 aliphatic heterocycles. The third kappa shape index (κ3) is 2.33. The lowest BCUT2D eigenvalue weighted by Gasteiger charge is -2.22. The molecule has 1 aromatic carbocycles. The van der Waals surface area contributed by atoms with E-state index in [-0.39, 0.29) is 5.91 Å². The normalized spacial score (nSPS) is 21.8. The summed E-state index contributed by atoms with van der Waals surface area (Å²) < 4.78 is 10.5. The van der Waals surface area contributed by atoms with E-state index < -0.39 is 11.6 Å². The van der Waals surface area contributed by atoms with Gasteiger partial charge in [0.2, 0.25) is 0 Å². The van der Waals surface area contributed by atoms with Crippen molar-refractivity contribution in [3.05, 3.63) is 23.8 Å². The van der Waals surface area contributed by atoms with Gasteiger partial charge >= 0.3 is 6.03 Å². The summed E-state index contributed by atoms with van der Waals surface area (Å²) in [6.45, 7) is 1.67. The first kappa shape index (κ1) is 13.2. The summed E-state index contributed by atoms with van der Waals surface area (Å²) in [7, 11) is 3.09. The molecule has 1 saturated heterocycles. The second-order valence-corrected chi connectivity index (χ2v) is 4.57. The minimum Gasteiger partial charge on any atom is -0.493 e. The van der Waals surface area contributed by atoms with Gasteiger partial charge in [0.15, 0.2) is 11.5 Å². The molecular formula is C13H16N2O4. The SMILES string of the molecule is COc1cccc(CC2(C)NC(=O)NC2=O)c1OC. The van der Waals surface area contributed by atoms with Crippen LogP contribution in [0.2, 0.25) is 0 Å². The van der Waals surface area contributed by atoms with Gasteiger partial charge in [-0.1, -0.05) is 12.1 Å². The van der Waals surface area contributed by atoms with Gasteiger partial charge in [-0.25, -0.2) is 4.79 Å². The van der Waals surface area contributed by atoms with Gasteiger partial charge in [-0.05, 0) is 13.0 Å². The molecule has 6 nitrogen and oxygen atoms in total. The minimum atomic E-state index is -0.975. The Morgan fingerprint density at radius 2 is 1.95 bits per heavy atom. The molecule has 0 spiro atoms. The average molecular weight is 264 g/mol. The molecule has 1 aromatic rings.